The summed E-state index contributed by atoms with van der Waals surface area (Å²) in [5.41, 5.74) is 8.01. The van der Waals surface area contributed by atoms with Crippen molar-refractivity contribution in [3.05, 3.63) is 45.8 Å². The van der Waals surface area contributed by atoms with Gasteiger partial charge in [0.25, 0.3) is 5.91 Å². The fraction of sp³-hybridized carbons (Fsp3) is 0.400. The molecule has 2 aromatic rings. The van der Waals surface area contributed by atoms with Crippen molar-refractivity contribution in [1.82, 2.24) is 0 Å². The van der Waals surface area contributed by atoms with E-state index >= 15 is 0 Å². The molecule has 1 aromatic heterocycles. The molecule has 138 valence electrons. The monoisotopic (exact) mass is 372 g/mol. The van der Waals surface area contributed by atoms with Gasteiger partial charge in [0.1, 0.15) is 10.8 Å². The molecule has 0 saturated heterocycles. The van der Waals surface area contributed by atoms with Gasteiger partial charge < -0.3 is 15.8 Å². The minimum atomic E-state index is -0.464. The topological polar surface area (TPSA) is 81.4 Å². The average Bonchev–Trinajstić information content (AvgIpc) is 2.93. The molecule has 3 rings (SSSR count). The second kappa shape index (κ2) is 7.91. The fourth-order valence-electron chi connectivity index (χ4n) is 3.33. The molecule has 1 aliphatic carbocycles. The van der Waals surface area contributed by atoms with Gasteiger partial charge >= 0.3 is 0 Å². The Balaban J connectivity index is 1.73. The molecule has 5 nitrogen and oxygen atoms in total. The standard InChI is InChI=1S/C20H24N2O3S/c1-3-25-14-7-5-13(6-8-14)11-17(23)22-20-18(19(21)24)15-9-4-12(2)10-16(15)26-20/h5-8,12H,3-4,9-11H2,1-2H3,(H2,21,24)(H,22,23)/t12-/m0/s1. The molecule has 0 bridgehead atoms. The van der Waals surface area contributed by atoms with Gasteiger partial charge in [-0.15, -0.1) is 11.3 Å². The fourth-order valence-corrected chi connectivity index (χ4v) is 4.76. The molecule has 0 saturated carbocycles. The van der Waals surface area contributed by atoms with Gasteiger partial charge in [0.15, 0.2) is 0 Å². The number of hydrogen-bond acceptors (Lipinski definition) is 4. The number of thiophene rings is 1. The zero-order chi connectivity index (χ0) is 18.7. The van der Waals surface area contributed by atoms with Gasteiger partial charge in [0.2, 0.25) is 5.91 Å². The molecular weight excluding hydrogens is 348 g/mol. The predicted octanol–water partition coefficient (Wildman–Crippen LogP) is 3.55. The molecule has 0 spiro atoms. The van der Waals surface area contributed by atoms with Crippen molar-refractivity contribution in [2.24, 2.45) is 11.7 Å². The third kappa shape index (κ3) is 4.07. The number of fused-ring (bicyclic) bond motifs is 1. The largest absolute Gasteiger partial charge is 0.494 e. The van der Waals surface area contributed by atoms with Crippen molar-refractivity contribution < 1.29 is 14.3 Å². The van der Waals surface area contributed by atoms with Gasteiger partial charge in [0.05, 0.1) is 18.6 Å². The lowest BCUT2D eigenvalue weighted by molar-refractivity contribution is -0.115. The lowest BCUT2D eigenvalue weighted by Gasteiger charge is -2.18. The first-order chi connectivity index (χ1) is 12.5. The number of anilines is 1. The Morgan fingerprint density at radius 1 is 1.31 bits per heavy atom. The van der Waals surface area contributed by atoms with Crippen LogP contribution in [-0.4, -0.2) is 18.4 Å². The van der Waals surface area contributed by atoms with Crippen LogP contribution in [-0.2, 0) is 24.1 Å². The number of rotatable bonds is 6. The highest BCUT2D eigenvalue weighted by Gasteiger charge is 2.27. The van der Waals surface area contributed by atoms with Gasteiger partial charge in [-0.2, -0.15) is 0 Å². The summed E-state index contributed by atoms with van der Waals surface area (Å²) in [6.45, 7) is 4.74. The first-order valence-corrected chi connectivity index (χ1v) is 9.75. The molecule has 3 N–H and O–H groups in total. The lowest BCUT2D eigenvalue weighted by Crippen LogP contribution is -2.20. The van der Waals surface area contributed by atoms with Crippen molar-refractivity contribution in [3.63, 3.8) is 0 Å². The maximum absolute atomic E-state index is 12.5. The average molecular weight is 372 g/mol. The van der Waals surface area contributed by atoms with Crippen LogP contribution >= 0.6 is 11.3 Å². The van der Waals surface area contributed by atoms with E-state index < -0.39 is 5.91 Å². The quantitative estimate of drug-likeness (QED) is 0.813. The number of nitrogens with one attached hydrogen (secondary N) is 1. The molecule has 1 heterocycles. The summed E-state index contributed by atoms with van der Waals surface area (Å²) >= 11 is 1.49. The SMILES string of the molecule is CCOc1ccc(CC(=O)Nc2sc3c(c2C(N)=O)CC[C@H](C)C3)cc1. The molecule has 0 radical (unpaired) electrons. The molecule has 0 fully saturated rings. The van der Waals surface area contributed by atoms with Crippen LogP contribution in [0.15, 0.2) is 24.3 Å². The molecule has 26 heavy (non-hydrogen) atoms. The Bertz CT molecular complexity index is 811. The van der Waals surface area contributed by atoms with Crippen molar-refractivity contribution in [2.75, 3.05) is 11.9 Å². The van der Waals surface area contributed by atoms with Crippen molar-refractivity contribution in [1.29, 1.82) is 0 Å². The van der Waals surface area contributed by atoms with Crippen LogP contribution in [0.3, 0.4) is 0 Å². The summed E-state index contributed by atoms with van der Waals surface area (Å²) in [5, 5.41) is 3.49. The molecule has 1 atom stereocenters. The van der Waals surface area contributed by atoms with E-state index in [1.807, 2.05) is 31.2 Å². The number of amides is 2. The van der Waals surface area contributed by atoms with E-state index in [0.29, 0.717) is 23.1 Å². The molecule has 0 aliphatic heterocycles. The second-order valence-electron chi connectivity index (χ2n) is 6.72. The summed E-state index contributed by atoms with van der Waals surface area (Å²) in [5.74, 6) is 0.763. The molecular formula is C20H24N2O3S. The van der Waals surface area contributed by atoms with Gasteiger partial charge in [0, 0.05) is 4.88 Å². The number of benzene rings is 1. The van der Waals surface area contributed by atoms with Crippen LogP contribution in [0.5, 0.6) is 5.75 Å². The van der Waals surface area contributed by atoms with Gasteiger partial charge in [-0.3, -0.25) is 9.59 Å². The minimum absolute atomic E-state index is 0.150. The van der Waals surface area contributed by atoms with Crippen LogP contribution in [0.4, 0.5) is 5.00 Å². The smallest absolute Gasteiger partial charge is 0.251 e. The van der Waals surface area contributed by atoms with E-state index in [1.54, 1.807) is 0 Å². The van der Waals surface area contributed by atoms with Crippen LogP contribution < -0.4 is 15.8 Å². The highest BCUT2D eigenvalue weighted by atomic mass is 32.1. The first-order valence-electron chi connectivity index (χ1n) is 8.93. The summed E-state index contributed by atoms with van der Waals surface area (Å²) in [6.07, 6.45) is 3.07. The van der Waals surface area contributed by atoms with E-state index in [4.69, 9.17) is 10.5 Å². The van der Waals surface area contributed by atoms with Crippen molar-refractivity contribution in [3.8, 4) is 5.75 Å². The third-order valence-electron chi connectivity index (χ3n) is 4.61. The number of primary amides is 1. The Hall–Kier alpha value is -2.34. The van der Waals surface area contributed by atoms with Gasteiger partial charge in [-0.1, -0.05) is 19.1 Å². The Morgan fingerprint density at radius 3 is 2.69 bits per heavy atom. The minimum Gasteiger partial charge on any atom is -0.494 e. The third-order valence-corrected chi connectivity index (χ3v) is 5.78. The van der Waals surface area contributed by atoms with E-state index in [2.05, 4.69) is 12.2 Å². The summed E-state index contributed by atoms with van der Waals surface area (Å²) in [4.78, 5) is 25.6. The number of carbonyl (C=O) groups excluding carboxylic acids is 2. The first kappa shape index (κ1) is 18.5. The zero-order valence-corrected chi connectivity index (χ0v) is 15.9. The van der Waals surface area contributed by atoms with E-state index in [0.717, 1.165) is 36.1 Å². The van der Waals surface area contributed by atoms with E-state index in [-0.39, 0.29) is 12.3 Å². The van der Waals surface area contributed by atoms with Crippen LogP contribution in [0, 0.1) is 5.92 Å². The van der Waals surface area contributed by atoms with Crippen LogP contribution in [0.1, 0.15) is 46.6 Å². The molecule has 1 aliphatic rings. The molecule has 0 unspecified atom stereocenters. The summed E-state index contributed by atoms with van der Waals surface area (Å²) < 4.78 is 5.41. The molecule has 2 amide bonds. The highest BCUT2D eigenvalue weighted by Crippen LogP contribution is 2.39. The normalized spacial score (nSPS) is 16.0. The second-order valence-corrected chi connectivity index (χ2v) is 7.83. The van der Waals surface area contributed by atoms with Crippen molar-refractivity contribution in [2.45, 2.75) is 39.5 Å². The van der Waals surface area contributed by atoms with Crippen molar-refractivity contribution >= 4 is 28.2 Å². The maximum Gasteiger partial charge on any atom is 0.251 e. The Morgan fingerprint density at radius 2 is 2.04 bits per heavy atom. The molecule has 6 heteroatoms. The van der Waals surface area contributed by atoms with E-state index in [9.17, 15) is 9.59 Å². The Kier molecular flexibility index (Phi) is 5.61. The van der Waals surface area contributed by atoms with Crippen LogP contribution in [0.2, 0.25) is 0 Å². The van der Waals surface area contributed by atoms with Crippen LogP contribution in [0.25, 0.3) is 0 Å². The number of carbonyl (C=O) groups is 2. The summed E-state index contributed by atoms with van der Waals surface area (Å²) in [6, 6.07) is 7.46. The van der Waals surface area contributed by atoms with E-state index in [1.165, 1.54) is 16.2 Å². The molecule has 1 aromatic carbocycles. The zero-order valence-electron chi connectivity index (χ0n) is 15.1. The maximum atomic E-state index is 12.5. The number of nitrogens with two attached hydrogens (primary N) is 1. The lowest BCUT2D eigenvalue weighted by atomic mass is 9.88. The number of ether oxygens (including phenoxy) is 1. The highest BCUT2D eigenvalue weighted by molar-refractivity contribution is 7.17. The van der Waals surface area contributed by atoms with Gasteiger partial charge in [-0.25, -0.2) is 0 Å². The van der Waals surface area contributed by atoms with Gasteiger partial charge in [-0.05, 0) is 55.4 Å². The Labute approximate surface area is 157 Å². The predicted molar refractivity (Wildman–Crippen MR) is 104 cm³/mol. The summed E-state index contributed by atoms with van der Waals surface area (Å²) in [7, 11) is 0. The number of hydrogen-bond donors (Lipinski definition) is 2.